The summed E-state index contributed by atoms with van der Waals surface area (Å²) >= 11 is 0. The van der Waals surface area contributed by atoms with Crippen LogP contribution in [0, 0.1) is 0 Å². The van der Waals surface area contributed by atoms with E-state index in [1.807, 2.05) is 20.8 Å². The van der Waals surface area contributed by atoms with E-state index in [4.69, 9.17) is 19.9 Å². The highest BCUT2D eigenvalue weighted by atomic mass is 16.6. The van der Waals surface area contributed by atoms with Gasteiger partial charge in [0.25, 0.3) is 0 Å². The Morgan fingerprint density at radius 1 is 1.24 bits per heavy atom. The van der Waals surface area contributed by atoms with Crippen LogP contribution >= 0.6 is 0 Å². The van der Waals surface area contributed by atoms with Crippen LogP contribution in [0.1, 0.15) is 33.6 Å². The molecule has 0 rings (SSSR count). The highest BCUT2D eigenvalue weighted by molar-refractivity contribution is 5.75. The van der Waals surface area contributed by atoms with Crippen LogP contribution in [0.15, 0.2) is 0 Å². The van der Waals surface area contributed by atoms with Gasteiger partial charge in [0, 0.05) is 13.7 Å². The van der Waals surface area contributed by atoms with Crippen molar-refractivity contribution in [1.29, 1.82) is 0 Å². The molecule has 0 fully saturated rings. The number of nitrogens with two attached hydrogens (primary N) is 1. The van der Waals surface area contributed by atoms with Crippen LogP contribution in [0.5, 0.6) is 0 Å². The summed E-state index contributed by atoms with van der Waals surface area (Å²) in [7, 11) is 1.63. The van der Waals surface area contributed by atoms with Gasteiger partial charge < -0.3 is 19.9 Å². The maximum Gasteiger partial charge on any atom is 0.323 e. The number of hydrogen-bond donors (Lipinski definition) is 1. The molecule has 0 saturated carbocycles. The fourth-order valence-electron chi connectivity index (χ4n) is 1.14. The summed E-state index contributed by atoms with van der Waals surface area (Å²) in [5, 5.41) is 0. The van der Waals surface area contributed by atoms with Crippen molar-refractivity contribution in [2.75, 3.05) is 26.9 Å². The van der Waals surface area contributed by atoms with Crippen molar-refractivity contribution in [2.24, 2.45) is 5.73 Å². The second kappa shape index (κ2) is 8.44. The minimum absolute atomic E-state index is 0.352. The number of carbonyl (C=O) groups excluding carboxylic acids is 1. The Hall–Kier alpha value is -0.650. The fourth-order valence-corrected chi connectivity index (χ4v) is 1.14. The Morgan fingerprint density at radius 2 is 1.88 bits per heavy atom. The highest BCUT2D eigenvalue weighted by Gasteiger charge is 2.21. The van der Waals surface area contributed by atoms with Gasteiger partial charge in [0.05, 0.1) is 13.2 Å². The maximum absolute atomic E-state index is 11.5. The van der Waals surface area contributed by atoms with Crippen LogP contribution in [0.25, 0.3) is 0 Å². The van der Waals surface area contributed by atoms with Gasteiger partial charge in [-0.15, -0.1) is 0 Å². The van der Waals surface area contributed by atoms with E-state index in [0.717, 1.165) is 6.42 Å². The van der Waals surface area contributed by atoms with Gasteiger partial charge in [0.1, 0.15) is 11.6 Å². The first-order chi connectivity index (χ1) is 7.87. The molecule has 0 spiro atoms. The third-order valence-corrected chi connectivity index (χ3v) is 1.95. The molecule has 5 nitrogen and oxygen atoms in total. The van der Waals surface area contributed by atoms with Crippen molar-refractivity contribution in [3.63, 3.8) is 0 Å². The third kappa shape index (κ3) is 10.2. The average molecular weight is 247 g/mol. The van der Waals surface area contributed by atoms with Crippen LogP contribution in [0.2, 0.25) is 0 Å². The lowest BCUT2D eigenvalue weighted by Gasteiger charge is -2.22. The van der Waals surface area contributed by atoms with Gasteiger partial charge in [-0.2, -0.15) is 0 Å². The van der Waals surface area contributed by atoms with Crippen LogP contribution in [0.4, 0.5) is 0 Å². The average Bonchev–Trinajstić information content (AvgIpc) is 2.20. The molecular formula is C12H25NO4. The smallest absolute Gasteiger partial charge is 0.323 e. The van der Waals surface area contributed by atoms with Crippen molar-refractivity contribution in [2.45, 2.75) is 45.3 Å². The van der Waals surface area contributed by atoms with Gasteiger partial charge in [-0.25, -0.2) is 0 Å². The van der Waals surface area contributed by atoms with Crippen molar-refractivity contribution >= 4 is 5.97 Å². The maximum atomic E-state index is 11.5. The van der Waals surface area contributed by atoms with Crippen molar-refractivity contribution in [1.82, 2.24) is 0 Å². The van der Waals surface area contributed by atoms with E-state index in [9.17, 15) is 4.79 Å². The van der Waals surface area contributed by atoms with E-state index < -0.39 is 11.6 Å². The van der Waals surface area contributed by atoms with E-state index >= 15 is 0 Å². The quantitative estimate of drug-likeness (QED) is 0.513. The van der Waals surface area contributed by atoms with Gasteiger partial charge in [-0.05, 0) is 33.6 Å². The standard InChI is InChI=1S/C12H25NO4/c1-12(2,3)17-11(14)10(13)6-5-7-16-9-8-15-4/h10H,5-9,13H2,1-4H3. The Morgan fingerprint density at radius 3 is 2.41 bits per heavy atom. The SMILES string of the molecule is COCCOCCCC(N)C(=O)OC(C)(C)C. The third-order valence-electron chi connectivity index (χ3n) is 1.95. The largest absolute Gasteiger partial charge is 0.459 e. The zero-order valence-corrected chi connectivity index (χ0v) is 11.3. The first-order valence-corrected chi connectivity index (χ1v) is 5.92. The van der Waals surface area contributed by atoms with Gasteiger partial charge in [-0.1, -0.05) is 0 Å². The molecule has 2 N–H and O–H groups in total. The van der Waals surface area contributed by atoms with Gasteiger partial charge in [0.2, 0.25) is 0 Å². The molecule has 0 amide bonds. The Balaban J connectivity index is 3.58. The van der Waals surface area contributed by atoms with E-state index in [1.165, 1.54) is 0 Å². The number of ether oxygens (including phenoxy) is 3. The number of carbonyl (C=O) groups is 1. The molecule has 0 heterocycles. The number of hydrogen-bond acceptors (Lipinski definition) is 5. The lowest BCUT2D eigenvalue weighted by Crippen LogP contribution is -2.37. The summed E-state index contributed by atoms with van der Waals surface area (Å²) in [6.07, 6.45) is 1.31. The monoisotopic (exact) mass is 247 g/mol. The van der Waals surface area contributed by atoms with Gasteiger partial charge in [-0.3, -0.25) is 4.79 Å². The molecule has 0 saturated heterocycles. The fraction of sp³-hybridized carbons (Fsp3) is 0.917. The van der Waals surface area contributed by atoms with Crippen LogP contribution in [0.3, 0.4) is 0 Å². The Bertz CT molecular complexity index is 213. The lowest BCUT2D eigenvalue weighted by atomic mass is 10.1. The number of methoxy groups -OCH3 is 1. The molecule has 17 heavy (non-hydrogen) atoms. The molecule has 5 heteroatoms. The molecule has 0 aliphatic carbocycles. The summed E-state index contributed by atoms with van der Waals surface area (Å²) in [6, 6.07) is -0.569. The van der Waals surface area contributed by atoms with E-state index in [1.54, 1.807) is 7.11 Å². The summed E-state index contributed by atoms with van der Waals surface area (Å²) in [6.45, 7) is 7.21. The number of rotatable bonds is 8. The summed E-state index contributed by atoms with van der Waals surface area (Å²) in [4.78, 5) is 11.5. The lowest BCUT2D eigenvalue weighted by molar-refractivity contribution is -0.156. The molecular weight excluding hydrogens is 222 g/mol. The van der Waals surface area contributed by atoms with E-state index in [0.29, 0.717) is 26.2 Å². The topological polar surface area (TPSA) is 70.8 Å². The Kier molecular flexibility index (Phi) is 8.12. The van der Waals surface area contributed by atoms with E-state index in [-0.39, 0.29) is 5.97 Å². The van der Waals surface area contributed by atoms with Gasteiger partial charge >= 0.3 is 5.97 Å². The van der Waals surface area contributed by atoms with Gasteiger partial charge in [0.15, 0.2) is 0 Å². The number of esters is 1. The predicted molar refractivity (Wildman–Crippen MR) is 65.7 cm³/mol. The highest BCUT2D eigenvalue weighted by Crippen LogP contribution is 2.09. The molecule has 0 radical (unpaired) electrons. The minimum atomic E-state index is -0.569. The predicted octanol–water partition coefficient (Wildman–Crippen LogP) is 1.10. The van der Waals surface area contributed by atoms with Crippen LogP contribution < -0.4 is 5.73 Å². The summed E-state index contributed by atoms with van der Waals surface area (Å²) in [5.74, 6) is -0.352. The van der Waals surface area contributed by atoms with Crippen molar-refractivity contribution < 1.29 is 19.0 Å². The molecule has 0 aliphatic heterocycles. The minimum Gasteiger partial charge on any atom is -0.459 e. The molecule has 0 aromatic rings. The van der Waals surface area contributed by atoms with Crippen LogP contribution in [-0.2, 0) is 19.0 Å². The summed E-state index contributed by atoms with van der Waals surface area (Å²) < 4.78 is 15.3. The molecule has 102 valence electrons. The second-order valence-electron chi connectivity index (χ2n) is 4.89. The second-order valence-corrected chi connectivity index (χ2v) is 4.89. The summed E-state index contributed by atoms with van der Waals surface area (Å²) in [5.41, 5.74) is 5.23. The molecule has 0 bridgehead atoms. The first-order valence-electron chi connectivity index (χ1n) is 5.92. The van der Waals surface area contributed by atoms with Crippen LogP contribution in [-0.4, -0.2) is 44.5 Å². The zero-order valence-electron chi connectivity index (χ0n) is 11.3. The zero-order chi connectivity index (χ0) is 13.3. The van der Waals surface area contributed by atoms with Crippen molar-refractivity contribution in [3.8, 4) is 0 Å². The van der Waals surface area contributed by atoms with E-state index in [2.05, 4.69) is 0 Å². The molecule has 1 unspecified atom stereocenters. The molecule has 0 aliphatic rings. The molecule has 0 aromatic carbocycles. The Labute approximate surface area is 104 Å². The molecule has 1 atom stereocenters. The normalized spacial score (nSPS) is 13.5. The first kappa shape index (κ1) is 16.4. The molecule has 0 aromatic heterocycles. The van der Waals surface area contributed by atoms with Crippen molar-refractivity contribution in [3.05, 3.63) is 0 Å².